The van der Waals surface area contributed by atoms with Crippen molar-refractivity contribution in [2.75, 3.05) is 20.3 Å². The van der Waals surface area contributed by atoms with Gasteiger partial charge in [-0.15, -0.1) is 0 Å². The first kappa shape index (κ1) is 24.1. The highest BCUT2D eigenvalue weighted by molar-refractivity contribution is 6.31. The van der Waals surface area contributed by atoms with Gasteiger partial charge in [0.15, 0.2) is 0 Å². The van der Waals surface area contributed by atoms with Crippen LogP contribution in [0.1, 0.15) is 35.6 Å². The summed E-state index contributed by atoms with van der Waals surface area (Å²) in [5.74, 6) is -1.72. The zero-order chi connectivity index (χ0) is 23.8. The molecule has 0 spiro atoms. The third-order valence-corrected chi connectivity index (χ3v) is 6.76. The van der Waals surface area contributed by atoms with Crippen LogP contribution in [0.2, 0.25) is 5.02 Å². The van der Waals surface area contributed by atoms with E-state index >= 15 is 0 Å². The summed E-state index contributed by atoms with van der Waals surface area (Å²) in [6.07, 6.45) is -3.37. The lowest BCUT2D eigenvalue weighted by atomic mass is 9.83. The normalized spacial score (nSPS) is 31.6. The number of oxime groups is 1. The predicted octanol–water partition coefficient (Wildman–Crippen LogP) is 1.72. The summed E-state index contributed by atoms with van der Waals surface area (Å²) in [5.41, 5.74) is 2.49. The molecule has 2 bridgehead atoms. The molecular formula is C24H28ClNO7. The van der Waals surface area contributed by atoms with Crippen LogP contribution in [0, 0.1) is 0 Å². The fraction of sp³-hybridized carbons (Fsp3) is 0.458. The molecule has 0 aliphatic carbocycles. The minimum Gasteiger partial charge on any atom is -0.399 e. The Balaban J connectivity index is 1.63. The van der Waals surface area contributed by atoms with Crippen LogP contribution >= 0.6 is 11.6 Å². The minimum absolute atomic E-state index is 0.180. The number of rotatable bonds is 7. The summed E-state index contributed by atoms with van der Waals surface area (Å²) in [4.78, 5) is 4.90. The van der Waals surface area contributed by atoms with Crippen molar-refractivity contribution in [3.05, 3.63) is 69.7 Å². The van der Waals surface area contributed by atoms with Gasteiger partial charge in [0.2, 0.25) is 5.79 Å². The number of hydrogen-bond acceptors (Lipinski definition) is 8. The van der Waals surface area contributed by atoms with Crippen molar-refractivity contribution < 1.29 is 34.7 Å². The Morgan fingerprint density at radius 2 is 1.88 bits per heavy atom. The fourth-order valence-corrected chi connectivity index (χ4v) is 4.65. The standard InChI is InChI=1S/C24H28ClNO7/c1-3-19(26-31-2)15-6-4-14(5-7-15)10-16-11-17(8-9-18(16)25)24-22(30)20(28)21(29)23(12-27,33-24)13-32-24/h4-9,11,20-22,27-30H,3,10,12-13H2,1-2H3/t20-,21-,22+,23-,24-/m0/s1. The maximum atomic E-state index is 10.8. The van der Waals surface area contributed by atoms with Gasteiger partial charge in [0.25, 0.3) is 0 Å². The molecular weight excluding hydrogens is 450 g/mol. The van der Waals surface area contributed by atoms with Gasteiger partial charge >= 0.3 is 0 Å². The summed E-state index contributed by atoms with van der Waals surface area (Å²) in [5, 5.41) is 45.9. The highest BCUT2D eigenvalue weighted by Gasteiger charge is 2.67. The van der Waals surface area contributed by atoms with E-state index in [0.29, 0.717) is 17.0 Å². The highest BCUT2D eigenvalue weighted by atomic mass is 35.5. The van der Waals surface area contributed by atoms with Crippen molar-refractivity contribution in [2.24, 2.45) is 5.16 Å². The number of aliphatic hydroxyl groups excluding tert-OH is 4. The van der Waals surface area contributed by atoms with Crippen molar-refractivity contribution in [1.29, 1.82) is 0 Å². The van der Waals surface area contributed by atoms with Crippen LogP contribution in [0.15, 0.2) is 47.6 Å². The van der Waals surface area contributed by atoms with E-state index in [0.717, 1.165) is 28.8 Å². The van der Waals surface area contributed by atoms with Crippen molar-refractivity contribution in [3.63, 3.8) is 0 Å². The zero-order valence-corrected chi connectivity index (χ0v) is 19.2. The Morgan fingerprint density at radius 3 is 2.52 bits per heavy atom. The lowest BCUT2D eigenvalue weighted by molar-refractivity contribution is -0.329. The second-order valence-electron chi connectivity index (χ2n) is 8.42. The molecule has 8 nitrogen and oxygen atoms in total. The summed E-state index contributed by atoms with van der Waals surface area (Å²) in [6, 6.07) is 13.0. The molecule has 2 heterocycles. The zero-order valence-electron chi connectivity index (χ0n) is 18.4. The summed E-state index contributed by atoms with van der Waals surface area (Å²) < 4.78 is 11.7. The first-order valence-corrected chi connectivity index (χ1v) is 11.2. The Labute approximate surface area is 197 Å². The van der Waals surface area contributed by atoms with Crippen molar-refractivity contribution in [1.82, 2.24) is 0 Å². The molecule has 5 atom stereocenters. The minimum atomic E-state index is -1.72. The van der Waals surface area contributed by atoms with Crippen molar-refractivity contribution in [2.45, 2.75) is 49.5 Å². The molecule has 0 saturated carbocycles. The van der Waals surface area contributed by atoms with E-state index < -0.39 is 36.3 Å². The van der Waals surface area contributed by atoms with Crippen LogP contribution in [-0.4, -0.2) is 70.4 Å². The number of benzene rings is 2. The van der Waals surface area contributed by atoms with E-state index in [1.165, 1.54) is 7.11 Å². The van der Waals surface area contributed by atoms with Crippen LogP contribution in [-0.2, 0) is 26.5 Å². The quantitative estimate of drug-likeness (QED) is 0.354. The van der Waals surface area contributed by atoms with Gasteiger partial charge < -0.3 is 34.7 Å². The molecule has 4 rings (SSSR count). The fourth-order valence-electron chi connectivity index (χ4n) is 4.47. The highest BCUT2D eigenvalue weighted by Crippen LogP contribution is 2.49. The van der Waals surface area contributed by atoms with Crippen LogP contribution in [0.3, 0.4) is 0 Å². The predicted molar refractivity (Wildman–Crippen MR) is 121 cm³/mol. The molecule has 2 aromatic rings. The molecule has 0 amide bonds. The molecule has 2 fully saturated rings. The van der Waals surface area contributed by atoms with Gasteiger partial charge in [-0.2, -0.15) is 0 Å². The Morgan fingerprint density at radius 1 is 1.15 bits per heavy atom. The van der Waals surface area contributed by atoms with Crippen LogP contribution < -0.4 is 0 Å². The lowest BCUT2D eigenvalue weighted by Gasteiger charge is -2.46. The molecule has 2 aliphatic rings. The third kappa shape index (κ3) is 4.06. The SMILES string of the molecule is CCC(=NOC)c1ccc(Cc2cc([C@]34OC[C@](CO)(O3)[C@@H](O)[C@H](O)[C@H]4O)ccc2Cl)cc1. The number of fused-ring (bicyclic) bond motifs is 2. The Hall–Kier alpha value is -2.04. The van der Waals surface area contributed by atoms with Crippen LogP contribution in [0.5, 0.6) is 0 Å². The van der Waals surface area contributed by atoms with Gasteiger partial charge in [-0.05, 0) is 41.7 Å². The Kier molecular flexibility index (Phi) is 6.80. The molecule has 4 N–H and O–H groups in total. The van der Waals surface area contributed by atoms with E-state index in [4.69, 9.17) is 25.9 Å². The third-order valence-electron chi connectivity index (χ3n) is 6.40. The van der Waals surface area contributed by atoms with Gasteiger partial charge in [-0.1, -0.05) is 54.0 Å². The Bertz CT molecular complexity index is 1030. The number of nitrogens with zero attached hydrogens (tertiary/aromatic N) is 1. The summed E-state index contributed by atoms with van der Waals surface area (Å²) in [7, 11) is 1.52. The molecule has 178 valence electrons. The van der Waals surface area contributed by atoms with Gasteiger partial charge in [0.05, 0.1) is 18.9 Å². The van der Waals surface area contributed by atoms with E-state index in [2.05, 4.69) is 5.16 Å². The second-order valence-corrected chi connectivity index (χ2v) is 8.82. The van der Waals surface area contributed by atoms with E-state index in [1.807, 2.05) is 31.2 Å². The summed E-state index contributed by atoms with van der Waals surface area (Å²) in [6.45, 7) is 1.25. The maximum Gasteiger partial charge on any atom is 0.225 e. The van der Waals surface area contributed by atoms with Gasteiger partial charge in [-0.25, -0.2) is 0 Å². The number of hydrogen-bond donors (Lipinski definition) is 4. The summed E-state index contributed by atoms with van der Waals surface area (Å²) >= 11 is 6.46. The largest absolute Gasteiger partial charge is 0.399 e. The molecule has 2 aromatic carbocycles. The van der Waals surface area contributed by atoms with Gasteiger partial charge in [0, 0.05) is 10.6 Å². The molecule has 0 radical (unpaired) electrons. The number of ether oxygens (including phenoxy) is 2. The maximum absolute atomic E-state index is 10.8. The topological polar surface area (TPSA) is 121 Å². The lowest BCUT2D eigenvalue weighted by Crippen LogP contribution is -2.65. The molecule has 9 heteroatoms. The van der Waals surface area contributed by atoms with Crippen molar-refractivity contribution in [3.8, 4) is 0 Å². The first-order valence-electron chi connectivity index (χ1n) is 10.8. The monoisotopic (exact) mass is 477 g/mol. The number of aliphatic hydroxyl groups is 4. The number of halogens is 1. The van der Waals surface area contributed by atoms with Crippen molar-refractivity contribution >= 4 is 17.3 Å². The molecule has 2 saturated heterocycles. The molecule has 0 aromatic heterocycles. The molecule has 2 aliphatic heterocycles. The second kappa shape index (κ2) is 9.31. The van der Waals surface area contributed by atoms with Crippen LogP contribution in [0.4, 0.5) is 0 Å². The van der Waals surface area contributed by atoms with Gasteiger partial charge in [0.1, 0.15) is 31.0 Å². The molecule has 0 unspecified atom stereocenters. The smallest absolute Gasteiger partial charge is 0.225 e. The average molecular weight is 478 g/mol. The average Bonchev–Trinajstić information content (AvgIpc) is 3.22. The molecule has 33 heavy (non-hydrogen) atoms. The van der Waals surface area contributed by atoms with Gasteiger partial charge in [-0.3, -0.25) is 0 Å². The van der Waals surface area contributed by atoms with E-state index in [-0.39, 0.29) is 6.61 Å². The van der Waals surface area contributed by atoms with E-state index in [9.17, 15) is 20.4 Å². The first-order chi connectivity index (χ1) is 15.8. The van der Waals surface area contributed by atoms with E-state index in [1.54, 1.807) is 18.2 Å². The van der Waals surface area contributed by atoms with Crippen LogP contribution in [0.25, 0.3) is 0 Å².